The lowest BCUT2D eigenvalue weighted by Gasteiger charge is -2.03. The van der Waals surface area contributed by atoms with E-state index < -0.39 is 10.0 Å². The molecule has 0 aliphatic heterocycles. The standard InChI is InChI=1S/C13H12N4O3S3/c1-7-11(21-13(15-7)17-23(2,19)20)12(18)16-9-3-4-10-8(5-9)6-14-22-10/h3-6H,1-2H3,(H,15,17)(H,16,18). The fourth-order valence-electron chi connectivity index (χ4n) is 1.95. The number of hydrogen-bond donors (Lipinski definition) is 2. The second-order valence-corrected chi connectivity index (χ2v) is 8.42. The van der Waals surface area contributed by atoms with Crippen LogP contribution in [0.15, 0.2) is 24.4 Å². The van der Waals surface area contributed by atoms with Gasteiger partial charge in [0.15, 0.2) is 5.13 Å². The Morgan fingerprint density at radius 1 is 1.30 bits per heavy atom. The van der Waals surface area contributed by atoms with E-state index in [-0.39, 0.29) is 11.0 Å². The molecular weight excluding hydrogens is 356 g/mol. The number of thiazole rings is 1. The van der Waals surface area contributed by atoms with Gasteiger partial charge in [0.1, 0.15) is 4.88 Å². The first kappa shape index (κ1) is 15.8. The van der Waals surface area contributed by atoms with Crippen molar-refractivity contribution in [1.82, 2.24) is 9.36 Å². The number of nitrogens with one attached hydrogen (secondary N) is 2. The molecule has 0 spiro atoms. The molecule has 0 saturated heterocycles. The van der Waals surface area contributed by atoms with Crippen LogP contribution in [-0.4, -0.2) is 29.9 Å². The predicted octanol–water partition coefficient (Wildman–Crippen LogP) is 2.69. The molecule has 0 radical (unpaired) electrons. The first-order chi connectivity index (χ1) is 10.8. The van der Waals surface area contributed by atoms with Crippen molar-refractivity contribution in [3.05, 3.63) is 35.0 Å². The Morgan fingerprint density at radius 2 is 2.09 bits per heavy atom. The molecular formula is C13H12N4O3S3. The minimum absolute atomic E-state index is 0.174. The Kier molecular flexibility index (Phi) is 4.04. The van der Waals surface area contributed by atoms with Gasteiger partial charge >= 0.3 is 0 Å². The molecule has 7 nitrogen and oxygen atoms in total. The summed E-state index contributed by atoms with van der Waals surface area (Å²) in [5.41, 5.74) is 1.12. The van der Waals surface area contributed by atoms with Crippen molar-refractivity contribution in [2.75, 3.05) is 16.3 Å². The van der Waals surface area contributed by atoms with Crippen LogP contribution in [0, 0.1) is 6.92 Å². The summed E-state index contributed by atoms with van der Waals surface area (Å²) in [6.07, 6.45) is 2.77. The molecule has 3 rings (SSSR count). The number of amides is 1. The topological polar surface area (TPSA) is 101 Å². The summed E-state index contributed by atoms with van der Waals surface area (Å²) in [4.78, 5) is 16.8. The van der Waals surface area contributed by atoms with Crippen molar-refractivity contribution in [2.24, 2.45) is 0 Å². The van der Waals surface area contributed by atoms with Crippen LogP contribution in [0.1, 0.15) is 15.4 Å². The van der Waals surface area contributed by atoms with E-state index in [1.165, 1.54) is 11.5 Å². The Morgan fingerprint density at radius 3 is 2.83 bits per heavy atom. The third kappa shape index (κ3) is 3.66. The second kappa shape index (κ2) is 5.87. The maximum absolute atomic E-state index is 12.4. The summed E-state index contributed by atoms with van der Waals surface area (Å²) in [6.45, 7) is 1.66. The van der Waals surface area contributed by atoms with Gasteiger partial charge in [0, 0.05) is 17.3 Å². The quantitative estimate of drug-likeness (QED) is 0.737. The third-order valence-electron chi connectivity index (χ3n) is 2.89. The number of nitrogens with zero attached hydrogens (tertiary/aromatic N) is 2. The number of anilines is 2. The maximum atomic E-state index is 12.4. The number of carbonyl (C=O) groups is 1. The summed E-state index contributed by atoms with van der Waals surface area (Å²) in [7, 11) is -3.42. The van der Waals surface area contributed by atoms with Crippen LogP contribution < -0.4 is 10.0 Å². The second-order valence-electron chi connectivity index (χ2n) is 4.84. The minimum Gasteiger partial charge on any atom is -0.321 e. The van der Waals surface area contributed by atoms with Gasteiger partial charge in [0.2, 0.25) is 10.0 Å². The number of carbonyl (C=O) groups excluding carboxylic acids is 1. The van der Waals surface area contributed by atoms with Gasteiger partial charge in [0.05, 0.1) is 16.6 Å². The van der Waals surface area contributed by atoms with Crippen molar-refractivity contribution < 1.29 is 13.2 Å². The number of aromatic nitrogens is 2. The molecule has 0 saturated carbocycles. The van der Waals surface area contributed by atoms with E-state index in [9.17, 15) is 13.2 Å². The Labute approximate surface area is 140 Å². The van der Waals surface area contributed by atoms with Gasteiger partial charge in [0.25, 0.3) is 5.91 Å². The molecule has 0 atom stereocenters. The zero-order chi connectivity index (χ0) is 16.6. The number of sulfonamides is 1. The number of benzene rings is 1. The average Bonchev–Trinajstić information content (AvgIpc) is 3.02. The first-order valence-corrected chi connectivity index (χ1v) is 9.91. The Balaban J connectivity index is 1.82. The van der Waals surface area contributed by atoms with Gasteiger partial charge in [-0.3, -0.25) is 9.52 Å². The van der Waals surface area contributed by atoms with Crippen LogP contribution >= 0.6 is 22.9 Å². The van der Waals surface area contributed by atoms with Gasteiger partial charge in [-0.2, -0.15) is 4.37 Å². The average molecular weight is 368 g/mol. The van der Waals surface area contributed by atoms with Gasteiger partial charge in [-0.1, -0.05) is 11.3 Å². The molecule has 120 valence electrons. The smallest absolute Gasteiger partial charge is 0.267 e. The van der Waals surface area contributed by atoms with Crippen molar-refractivity contribution in [1.29, 1.82) is 0 Å². The number of rotatable bonds is 4. The highest BCUT2D eigenvalue weighted by Gasteiger charge is 2.17. The summed E-state index contributed by atoms with van der Waals surface area (Å²) >= 11 is 2.38. The number of fused-ring (bicyclic) bond motifs is 1. The van der Waals surface area contributed by atoms with Crippen LogP contribution in [0.2, 0.25) is 0 Å². The van der Waals surface area contributed by atoms with Gasteiger partial charge < -0.3 is 5.32 Å². The summed E-state index contributed by atoms with van der Waals surface area (Å²) in [5, 5.41) is 3.91. The number of aryl methyl sites for hydroxylation is 1. The highest BCUT2D eigenvalue weighted by Crippen LogP contribution is 2.26. The highest BCUT2D eigenvalue weighted by molar-refractivity contribution is 7.92. The fraction of sp³-hybridized carbons (Fsp3) is 0.154. The lowest BCUT2D eigenvalue weighted by atomic mass is 10.2. The van der Waals surface area contributed by atoms with Crippen LogP contribution in [0.4, 0.5) is 10.8 Å². The zero-order valence-electron chi connectivity index (χ0n) is 12.2. The molecule has 0 bridgehead atoms. The Hall–Kier alpha value is -2.04. The molecule has 2 N–H and O–H groups in total. The van der Waals surface area contributed by atoms with Gasteiger partial charge in [-0.05, 0) is 36.7 Å². The Bertz CT molecular complexity index is 991. The lowest BCUT2D eigenvalue weighted by molar-refractivity contribution is 0.103. The molecule has 2 aromatic heterocycles. The monoisotopic (exact) mass is 368 g/mol. The molecule has 1 aromatic carbocycles. The largest absolute Gasteiger partial charge is 0.321 e. The predicted molar refractivity (Wildman–Crippen MR) is 92.9 cm³/mol. The van der Waals surface area contributed by atoms with E-state index in [1.807, 2.05) is 12.1 Å². The summed E-state index contributed by atoms with van der Waals surface area (Å²) < 4.78 is 29.9. The summed E-state index contributed by atoms with van der Waals surface area (Å²) in [6, 6.07) is 5.52. The van der Waals surface area contributed by atoms with Crippen LogP contribution in [0.5, 0.6) is 0 Å². The molecule has 3 aromatic rings. The van der Waals surface area contributed by atoms with E-state index in [0.717, 1.165) is 27.7 Å². The fourth-order valence-corrected chi connectivity index (χ4v) is 4.27. The van der Waals surface area contributed by atoms with E-state index in [0.29, 0.717) is 16.3 Å². The molecule has 1 amide bonds. The lowest BCUT2D eigenvalue weighted by Crippen LogP contribution is -2.11. The minimum atomic E-state index is -3.42. The van der Waals surface area contributed by atoms with Crippen LogP contribution in [0.3, 0.4) is 0 Å². The van der Waals surface area contributed by atoms with E-state index >= 15 is 0 Å². The molecule has 0 aliphatic carbocycles. The van der Waals surface area contributed by atoms with Crippen LogP contribution in [-0.2, 0) is 10.0 Å². The van der Waals surface area contributed by atoms with E-state index in [1.54, 1.807) is 19.2 Å². The first-order valence-electron chi connectivity index (χ1n) is 6.43. The van der Waals surface area contributed by atoms with Crippen LogP contribution in [0.25, 0.3) is 10.1 Å². The SMILES string of the molecule is Cc1nc(NS(C)(=O)=O)sc1C(=O)Nc1ccc2sncc2c1. The summed E-state index contributed by atoms with van der Waals surface area (Å²) in [5.74, 6) is -0.330. The number of hydrogen-bond acceptors (Lipinski definition) is 7. The molecule has 0 unspecified atom stereocenters. The van der Waals surface area contributed by atoms with E-state index in [2.05, 4.69) is 19.4 Å². The molecule has 0 aliphatic rings. The van der Waals surface area contributed by atoms with Gasteiger partial charge in [-0.25, -0.2) is 13.4 Å². The molecule has 0 fully saturated rings. The van der Waals surface area contributed by atoms with Crippen molar-refractivity contribution in [2.45, 2.75) is 6.92 Å². The zero-order valence-corrected chi connectivity index (χ0v) is 14.6. The molecule has 23 heavy (non-hydrogen) atoms. The van der Waals surface area contributed by atoms with Gasteiger partial charge in [-0.15, -0.1) is 0 Å². The maximum Gasteiger partial charge on any atom is 0.267 e. The third-order valence-corrected chi connectivity index (χ3v) is 5.43. The van der Waals surface area contributed by atoms with Crippen molar-refractivity contribution in [3.8, 4) is 0 Å². The molecule has 2 heterocycles. The van der Waals surface area contributed by atoms with E-state index in [4.69, 9.17) is 0 Å². The van der Waals surface area contributed by atoms with Crippen molar-refractivity contribution >= 4 is 59.7 Å². The highest BCUT2D eigenvalue weighted by atomic mass is 32.2. The normalized spacial score (nSPS) is 11.6. The van der Waals surface area contributed by atoms with Crippen molar-refractivity contribution in [3.63, 3.8) is 0 Å². The molecule has 10 heteroatoms.